The lowest BCUT2D eigenvalue weighted by molar-refractivity contribution is -0.151. The minimum Gasteiger partial charge on any atom is -0.481 e. The zero-order valence-corrected chi connectivity index (χ0v) is 16.7. The van der Waals surface area contributed by atoms with E-state index in [4.69, 9.17) is 4.74 Å². The first-order valence-electron chi connectivity index (χ1n) is 8.83. The molecule has 8 nitrogen and oxygen atoms in total. The maximum absolute atomic E-state index is 12.8. The van der Waals surface area contributed by atoms with Crippen LogP contribution in [0.2, 0.25) is 0 Å². The Bertz CT molecular complexity index is 806. The molecular formula is C18H26N2O6S. The first kappa shape index (κ1) is 21.3. The molecule has 1 atom stereocenters. The fourth-order valence-corrected chi connectivity index (χ4v) is 4.87. The van der Waals surface area contributed by atoms with Crippen molar-refractivity contribution in [1.82, 2.24) is 9.21 Å². The number of hydrogen-bond donors (Lipinski definition) is 1. The summed E-state index contributed by atoms with van der Waals surface area (Å²) in [5.74, 6) is -1.39. The fraction of sp³-hybridized carbons (Fsp3) is 0.556. The first-order chi connectivity index (χ1) is 12.7. The molecule has 9 heteroatoms. The lowest BCUT2D eigenvalue weighted by Gasteiger charge is -2.24. The monoisotopic (exact) mass is 398 g/mol. The van der Waals surface area contributed by atoms with E-state index in [9.17, 15) is 23.1 Å². The maximum Gasteiger partial charge on any atom is 0.313 e. The van der Waals surface area contributed by atoms with E-state index in [0.29, 0.717) is 19.5 Å². The maximum atomic E-state index is 12.8. The molecule has 1 amide bonds. The number of methoxy groups -OCH3 is 1. The summed E-state index contributed by atoms with van der Waals surface area (Å²) in [6, 6.07) is 5.88. The highest BCUT2D eigenvalue weighted by atomic mass is 32.2. The summed E-state index contributed by atoms with van der Waals surface area (Å²) in [4.78, 5) is 26.0. The quantitative estimate of drug-likeness (QED) is 0.707. The Kier molecular flexibility index (Phi) is 6.61. The number of rotatable bonds is 8. The van der Waals surface area contributed by atoms with Crippen LogP contribution >= 0.6 is 0 Å². The van der Waals surface area contributed by atoms with Crippen LogP contribution in [0.25, 0.3) is 0 Å². The molecule has 1 heterocycles. The molecule has 1 aliphatic heterocycles. The normalized spacial score (nSPS) is 20.2. The van der Waals surface area contributed by atoms with E-state index in [-0.39, 0.29) is 36.1 Å². The summed E-state index contributed by atoms with van der Waals surface area (Å²) in [5.41, 5.74) is -0.906. The summed E-state index contributed by atoms with van der Waals surface area (Å²) >= 11 is 0. The summed E-state index contributed by atoms with van der Waals surface area (Å²) in [7, 11) is -2.25. The molecule has 1 aromatic carbocycles. The van der Waals surface area contributed by atoms with Gasteiger partial charge in [-0.15, -0.1) is 0 Å². The van der Waals surface area contributed by atoms with Crippen molar-refractivity contribution in [2.45, 2.75) is 25.2 Å². The highest BCUT2D eigenvalue weighted by Gasteiger charge is 2.46. The number of ether oxygens (including phenoxy) is 1. The van der Waals surface area contributed by atoms with E-state index in [1.54, 1.807) is 19.9 Å². The third kappa shape index (κ3) is 4.15. The molecular weight excluding hydrogens is 372 g/mol. The molecule has 1 aromatic rings. The molecule has 1 unspecified atom stereocenters. The van der Waals surface area contributed by atoms with Gasteiger partial charge in [-0.05, 0) is 24.6 Å². The van der Waals surface area contributed by atoms with Crippen molar-refractivity contribution in [1.29, 1.82) is 0 Å². The second-order valence-electron chi connectivity index (χ2n) is 6.61. The topological polar surface area (TPSA) is 104 Å². The van der Waals surface area contributed by atoms with Crippen LogP contribution in [0.5, 0.6) is 0 Å². The average Bonchev–Trinajstić information content (AvgIpc) is 3.08. The molecule has 0 saturated carbocycles. The van der Waals surface area contributed by atoms with Crippen molar-refractivity contribution >= 4 is 21.9 Å². The van der Waals surface area contributed by atoms with Gasteiger partial charge in [0.25, 0.3) is 5.91 Å². The third-order valence-corrected chi connectivity index (χ3v) is 6.99. The number of benzene rings is 1. The molecule has 0 spiro atoms. The van der Waals surface area contributed by atoms with Crippen LogP contribution in [-0.2, 0) is 19.6 Å². The standard InChI is InChI=1S/C18H26N2O6S/c1-4-20(5-2)27(24,25)15-8-6-7-14(11-15)16(21)19-10-9-18(12-19,13-26-3)17(22)23/h6-8,11H,4-5,9-10,12-13H2,1-3H3,(H,22,23). The van der Waals surface area contributed by atoms with E-state index in [1.807, 2.05) is 0 Å². The summed E-state index contributed by atoms with van der Waals surface area (Å²) < 4.78 is 31.7. The van der Waals surface area contributed by atoms with Gasteiger partial charge < -0.3 is 14.7 Å². The SMILES string of the molecule is CCN(CC)S(=O)(=O)c1cccc(C(=O)N2CCC(COC)(C(=O)O)C2)c1. The predicted molar refractivity (Wildman–Crippen MR) is 99.0 cm³/mol. The molecule has 0 aromatic heterocycles. The smallest absolute Gasteiger partial charge is 0.313 e. The minimum absolute atomic E-state index is 0.0164. The molecule has 0 bridgehead atoms. The Balaban J connectivity index is 2.28. The molecule has 1 saturated heterocycles. The molecule has 0 aliphatic carbocycles. The van der Waals surface area contributed by atoms with Crippen molar-refractivity contribution in [2.24, 2.45) is 5.41 Å². The Morgan fingerprint density at radius 3 is 2.52 bits per heavy atom. The number of carbonyl (C=O) groups is 2. The molecule has 2 rings (SSSR count). The van der Waals surface area contributed by atoms with Gasteiger partial charge in [0.1, 0.15) is 5.41 Å². The summed E-state index contributed by atoms with van der Waals surface area (Å²) in [5, 5.41) is 9.53. The zero-order chi connectivity index (χ0) is 20.2. The molecule has 27 heavy (non-hydrogen) atoms. The van der Waals surface area contributed by atoms with E-state index in [0.717, 1.165) is 0 Å². The molecule has 1 fully saturated rings. The van der Waals surface area contributed by atoms with Crippen LogP contribution in [-0.4, -0.2) is 74.5 Å². The number of carboxylic acid groups (broad SMARTS) is 1. The van der Waals surface area contributed by atoms with Gasteiger partial charge in [0.05, 0.1) is 11.5 Å². The summed E-state index contributed by atoms with van der Waals surface area (Å²) in [6.45, 7) is 4.50. The number of likely N-dealkylation sites (tertiary alicyclic amines) is 1. The Morgan fingerprint density at radius 1 is 1.30 bits per heavy atom. The number of carboxylic acids is 1. The van der Waals surface area contributed by atoms with Gasteiger partial charge >= 0.3 is 5.97 Å². The molecule has 150 valence electrons. The molecule has 1 aliphatic rings. The first-order valence-corrected chi connectivity index (χ1v) is 10.3. The van der Waals surface area contributed by atoms with Crippen LogP contribution in [0.3, 0.4) is 0 Å². The van der Waals surface area contributed by atoms with Gasteiger partial charge in [-0.2, -0.15) is 4.31 Å². The lowest BCUT2D eigenvalue weighted by atomic mass is 9.88. The van der Waals surface area contributed by atoms with Crippen LogP contribution in [0, 0.1) is 5.41 Å². The third-order valence-electron chi connectivity index (χ3n) is 4.94. The number of aliphatic carboxylic acids is 1. The lowest BCUT2D eigenvalue weighted by Crippen LogP contribution is -2.40. The van der Waals surface area contributed by atoms with Gasteiger partial charge in [0, 0.05) is 38.9 Å². The van der Waals surface area contributed by atoms with E-state index >= 15 is 0 Å². The fourth-order valence-electron chi connectivity index (χ4n) is 3.36. The molecule has 1 N–H and O–H groups in total. The molecule has 0 radical (unpaired) electrons. The second-order valence-corrected chi connectivity index (χ2v) is 8.55. The Hall–Kier alpha value is -1.97. The van der Waals surface area contributed by atoms with Crippen LogP contribution in [0.4, 0.5) is 0 Å². The second kappa shape index (κ2) is 8.37. The zero-order valence-electron chi connectivity index (χ0n) is 15.8. The van der Waals surface area contributed by atoms with Gasteiger partial charge in [-0.1, -0.05) is 19.9 Å². The highest BCUT2D eigenvalue weighted by molar-refractivity contribution is 7.89. The Morgan fingerprint density at radius 2 is 1.96 bits per heavy atom. The van der Waals surface area contributed by atoms with Gasteiger partial charge in [0.15, 0.2) is 0 Å². The largest absolute Gasteiger partial charge is 0.481 e. The van der Waals surface area contributed by atoms with Crippen molar-refractivity contribution in [2.75, 3.05) is 39.9 Å². The number of hydrogen-bond acceptors (Lipinski definition) is 5. The Labute approximate surface area is 159 Å². The predicted octanol–water partition coefficient (Wildman–Crippen LogP) is 1.28. The van der Waals surface area contributed by atoms with E-state index < -0.39 is 21.4 Å². The minimum atomic E-state index is -3.68. The van der Waals surface area contributed by atoms with E-state index in [1.165, 1.54) is 34.5 Å². The van der Waals surface area contributed by atoms with Crippen molar-refractivity contribution < 1.29 is 27.9 Å². The van der Waals surface area contributed by atoms with Crippen molar-refractivity contribution in [3.05, 3.63) is 29.8 Å². The van der Waals surface area contributed by atoms with E-state index in [2.05, 4.69) is 0 Å². The summed E-state index contributed by atoms with van der Waals surface area (Å²) in [6.07, 6.45) is 0.291. The van der Waals surface area contributed by atoms with Crippen LogP contribution in [0.15, 0.2) is 29.2 Å². The van der Waals surface area contributed by atoms with Gasteiger partial charge in [0.2, 0.25) is 10.0 Å². The number of sulfonamides is 1. The van der Waals surface area contributed by atoms with Gasteiger partial charge in [-0.25, -0.2) is 8.42 Å². The number of carbonyl (C=O) groups excluding carboxylic acids is 1. The highest BCUT2D eigenvalue weighted by Crippen LogP contribution is 2.32. The number of amides is 1. The van der Waals surface area contributed by atoms with Crippen LogP contribution in [0.1, 0.15) is 30.6 Å². The van der Waals surface area contributed by atoms with Crippen molar-refractivity contribution in [3.63, 3.8) is 0 Å². The number of nitrogens with zero attached hydrogens (tertiary/aromatic N) is 2. The van der Waals surface area contributed by atoms with Gasteiger partial charge in [-0.3, -0.25) is 9.59 Å². The van der Waals surface area contributed by atoms with Crippen molar-refractivity contribution in [3.8, 4) is 0 Å². The van der Waals surface area contributed by atoms with Crippen LogP contribution < -0.4 is 0 Å². The average molecular weight is 398 g/mol.